The predicted octanol–water partition coefficient (Wildman–Crippen LogP) is 2.96. The Morgan fingerprint density at radius 2 is 1.77 bits per heavy atom. The molecule has 1 fully saturated rings. The van der Waals surface area contributed by atoms with Gasteiger partial charge in [0.25, 0.3) is 5.91 Å². The molecule has 0 N–H and O–H groups in total. The van der Waals surface area contributed by atoms with E-state index >= 15 is 0 Å². The van der Waals surface area contributed by atoms with Gasteiger partial charge in [-0.15, -0.1) is 0 Å². The number of ether oxygens (including phenoxy) is 2. The lowest BCUT2D eigenvalue weighted by molar-refractivity contribution is -0.143. The first-order valence-corrected chi connectivity index (χ1v) is 10.3. The molecule has 1 aromatic heterocycles. The number of hydrogen-bond acceptors (Lipinski definition) is 6. The quantitative estimate of drug-likeness (QED) is 0.643. The first-order valence-electron chi connectivity index (χ1n) is 10.3. The third kappa shape index (κ3) is 4.25. The van der Waals surface area contributed by atoms with Gasteiger partial charge in [-0.2, -0.15) is 0 Å². The summed E-state index contributed by atoms with van der Waals surface area (Å²) in [5.41, 5.74) is 1.54. The van der Waals surface area contributed by atoms with Gasteiger partial charge in [-0.1, -0.05) is 12.1 Å². The summed E-state index contributed by atoms with van der Waals surface area (Å²) in [7, 11) is 0. The number of nitrogens with zero attached hydrogens (tertiary/aromatic N) is 3. The van der Waals surface area contributed by atoms with E-state index in [2.05, 4.69) is 9.88 Å². The normalized spacial score (nSPS) is 18.7. The van der Waals surface area contributed by atoms with E-state index in [1.165, 1.54) is 12.1 Å². The van der Waals surface area contributed by atoms with Gasteiger partial charge in [0.1, 0.15) is 18.7 Å². The van der Waals surface area contributed by atoms with Crippen LogP contribution in [0.4, 0.5) is 4.39 Å². The Morgan fingerprint density at radius 3 is 2.55 bits per heavy atom. The number of carbonyl (C=O) groups excluding carboxylic acids is 1. The number of fused-ring (bicyclic) bond motifs is 1. The second kappa shape index (κ2) is 8.39. The maximum Gasteiger partial charge on any atom is 0.267 e. The zero-order valence-corrected chi connectivity index (χ0v) is 16.9. The van der Waals surface area contributed by atoms with E-state index < -0.39 is 6.10 Å². The highest BCUT2D eigenvalue weighted by Gasteiger charge is 2.32. The summed E-state index contributed by atoms with van der Waals surface area (Å²) in [6.07, 6.45) is 1.01. The number of rotatable bonds is 4. The van der Waals surface area contributed by atoms with E-state index in [0.29, 0.717) is 37.0 Å². The molecule has 0 radical (unpaired) electrons. The minimum absolute atomic E-state index is 0.0471. The molecule has 2 aromatic carbocycles. The minimum atomic E-state index is -0.616. The average Bonchev–Trinajstić information content (AvgIpc) is 3.27. The Bertz CT molecular complexity index is 1060. The molecule has 0 bridgehead atoms. The van der Waals surface area contributed by atoms with Crippen LogP contribution >= 0.6 is 0 Å². The van der Waals surface area contributed by atoms with Crippen LogP contribution in [0.5, 0.6) is 11.5 Å². The lowest BCUT2D eigenvalue weighted by Gasteiger charge is -2.36. The molecule has 2 aliphatic heterocycles. The van der Waals surface area contributed by atoms with Crippen molar-refractivity contribution in [3.05, 3.63) is 66.3 Å². The lowest BCUT2D eigenvalue weighted by atomic mass is 10.2. The molecule has 160 valence electrons. The van der Waals surface area contributed by atoms with Gasteiger partial charge in [-0.05, 0) is 36.4 Å². The first-order chi connectivity index (χ1) is 15.2. The molecule has 2 aliphatic rings. The molecular formula is C23H22FN3O4. The number of carbonyl (C=O) groups is 1. The number of oxazole rings is 1. The van der Waals surface area contributed by atoms with E-state index in [0.717, 1.165) is 24.3 Å². The molecule has 0 spiro atoms. The van der Waals surface area contributed by atoms with Crippen molar-refractivity contribution < 1.29 is 23.1 Å². The Kier molecular flexibility index (Phi) is 5.30. The molecule has 3 heterocycles. The molecule has 8 heteroatoms. The molecule has 0 saturated carbocycles. The third-order valence-corrected chi connectivity index (χ3v) is 5.50. The van der Waals surface area contributed by atoms with E-state index in [1.807, 2.05) is 29.2 Å². The Balaban J connectivity index is 1.14. The second-order valence-corrected chi connectivity index (χ2v) is 7.62. The molecular weight excluding hydrogens is 401 g/mol. The monoisotopic (exact) mass is 423 g/mol. The molecule has 31 heavy (non-hydrogen) atoms. The topological polar surface area (TPSA) is 68.0 Å². The van der Waals surface area contributed by atoms with Crippen LogP contribution in [-0.2, 0) is 11.3 Å². The number of para-hydroxylation sites is 2. The maximum atomic E-state index is 13.1. The van der Waals surface area contributed by atoms with E-state index in [9.17, 15) is 9.18 Å². The number of piperazine rings is 1. The van der Waals surface area contributed by atoms with Gasteiger partial charge >= 0.3 is 0 Å². The fourth-order valence-corrected chi connectivity index (χ4v) is 3.80. The fraction of sp³-hybridized carbons (Fsp3) is 0.304. The zero-order valence-electron chi connectivity index (χ0n) is 16.9. The van der Waals surface area contributed by atoms with Crippen molar-refractivity contribution in [1.82, 2.24) is 14.8 Å². The van der Waals surface area contributed by atoms with Crippen LogP contribution in [0.1, 0.15) is 5.69 Å². The van der Waals surface area contributed by atoms with Crippen molar-refractivity contribution in [3.8, 4) is 23.0 Å². The summed E-state index contributed by atoms with van der Waals surface area (Å²) < 4.78 is 30.2. The fourth-order valence-electron chi connectivity index (χ4n) is 3.80. The first kappa shape index (κ1) is 19.6. The van der Waals surface area contributed by atoms with Gasteiger partial charge in [0.15, 0.2) is 11.5 Å². The Morgan fingerprint density at radius 1 is 1.03 bits per heavy atom. The van der Waals surface area contributed by atoms with Crippen molar-refractivity contribution in [3.63, 3.8) is 0 Å². The molecule has 1 saturated heterocycles. The Hall–Kier alpha value is -3.39. The highest BCUT2D eigenvalue weighted by molar-refractivity contribution is 5.82. The number of amides is 1. The number of benzene rings is 2. The lowest BCUT2D eigenvalue weighted by Crippen LogP contribution is -2.53. The summed E-state index contributed by atoms with van der Waals surface area (Å²) >= 11 is 0. The predicted molar refractivity (Wildman–Crippen MR) is 110 cm³/mol. The van der Waals surface area contributed by atoms with Crippen molar-refractivity contribution in [2.75, 3.05) is 32.8 Å². The van der Waals surface area contributed by atoms with Crippen LogP contribution in [-0.4, -0.2) is 59.6 Å². The minimum Gasteiger partial charge on any atom is -0.485 e. The zero-order chi connectivity index (χ0) is 21.2. The Labute approximate surface area is 179 Å². The van der Waals surface area contributed by atoms with Crippen LogP contribution in [0.2, 0.25) is 0 Å². The molecule has 7 nitrogen and oxygen atoms in total. The summed E-state index contributed by atoms with van der Waals surface area (Å²) in [5, 5.41) is 0. The highest BCUT2D eigenvalue weighted by Crippen LogP contribution is 2.31. The van der Waals surface area contributed by atoms with Crippen LogP contribution in [0.3, 0.4) is 0 Å². The van der Waals surface area contributed by atoms with E-state index in [4.69, 9.17) is 13.9 Å². The third-order valence-electron chi connectivity index (χ3n) is 5.50. The summed E-state index contributed by atoms with van der Waals surface area (Å²) in [5.74, 6) is 1.41. The summed E-state index contributed by atoms with van der Waals surface area (Å²) in [6.45, 7) is 3.54. The second-order valence-electron chi connectivity index (χ2n) is 7.62. The van der Waals surface area contributed by atoms with Gasteiger partial charge < -0.3 is 18.8 Å². The maximum absolute atomic E-state index is 13.1. The van der Waals surface area contributed by atoms with Crippen LogP contribution < -0.4 is 9.47 Å². The smallest absolute Gasteiger partial charge is 0.267 e. The van der Waals surface area contributed by atoms with E-state index in [-0.39, 0.29) is 18.3 Å². The molecule has 1 atom stereocenters. The number of halogens is 1. The number of hydrogen-bond donors (Lipinski definition) is 0. The van der Waals surface area contributed by atoms with E-state index in [1.54, 1.807) is 18.4 Å². The van der Waals surface area contributed by atoms with Crippen molar-refractivity contribution in [1.29, 1.82) is 0 Å². The van der Waals surface area contributed by atoms with Gasteiger partial charge in [0.2, 0.25) is 12.0 Å². The van der Waals surface area contributed by atoms with Crippen LogP contribution in [0.25, 0.3) is 11.5 Å². The van der Waals surface area contributed by atoms with Crippen molar-refractivity contribution >= 4 is 5.91 Å². The molecule has 1 amide bonds. The van der Waals surface area contributed by atoms with Crippen molar-refractivity contribution in [2.24, 2.45) is 0 Å². The molecule has 3 aromatic rings. The standard InChI is InChI=1S/C23H22FN3O4/c24-17-7-5-16(6-8-17)22-25-18(14-30-22)13-26-9-11-27(12-10-26)23(28)21-15-29-19-3-1-2-4-20(19)31-21/h1-8,14,21H,9-13,15H2/t21-/m0/s1. The van der Waals surface area contributed by atoms with Crippen LogP contribution in [0, 0.1) is 5.82 Å². The highest BCUT2D eigenvalue weighted by atomic mass is 19.1. The van der Waals surface area contributed by atoms with Gasteiger partial charge in [-0.25, -0.2) is 9.37 Å². The summed E-state index contributed by atoms with van der Waals surface area (Å²) in [4.78, 5) is 21.4. The summed E-state index contributed by atoms with van der Waals surface area (Å²) in [6, 6.07) is 13.4. The molecule has 0 aliphatic carbocycles. The van der Waals surface area contributed by atoms with Gasteiger partial charge in [0.05, 0.1) is 5.69 Å². The van der Waals surface area contributed by atoms with Crippen LogP contribution in [0.15, 0.2) is 59.2 Å². The molecule has 0 unspecified atom stereocenters. The van der Waals surface area contributed by atoms with Gasteiger partial charge in [0, 0.05) is 38.3 Å². The number of aromatic nitrogens is 1. The SMILES string of the molecule is O=C([C@@H]1COc2ccccc2O1)N1CCN(Cc2coc(-c3ccc(F)cc3)n2)CC1. The van der Waals surface area contributed by atoms with Crippen molar-refractivity contribution in [2.45, 2.75) is 12.6 Å². The van der Waals surface area contributed by atoms with Gasteiger partial charge in [-0.3, -0.25) is 9.69 Å². The average molecular weight is 423 g/mol. The molecule has 5 rings (SSSR count). The largest absolute Gasteiger partial charge is 0.485 e.